The van der Waals surface area contributed by atoms with E-state index in [0.29, 0.717) is 33.3 Å². The van der Waals surface area contributed by atoms with Gasteiger partial charge in [-0.25, -0.2) is 9.07 Å². The molecule has 1 aliphatic heterocycles. The number of anilines is 2. The van der Waals surface area contributed by atoms with E-state index >= 15 is 0 Å². The number of fused-ring (bicyclic) bond motifs is 1. The van der Waals surface area contributed by atoms with Gasteiger partial charge in [0.1, 0.15) is 17.7 Å². The van der Waals surface area contributed by atoms with Crippen LogP contribution in [0.25, 0.3) is 11.3 Å². The number of aromatic nitrogens is 2. The predicted octanol–water partition coefficient (Wildman–Crippen LogP) is 4.17. The fourth-order valence-corrected chi connectivity index (χ4v) is 3.39. The topological polar surface area (TPSA) is 76.0 Å². The van der Waals surface area contributed by atoms with E-state index in [1.54, 1.807) is 43.3 Å². The van der Waals surface area contributed by atoms with Crippen molar-refractivity contribution in [2.24, 2.45) is 0 Å². The van der Waals surface area contributed by atoms with Crippen LogP contribution in [0.4, 0.5) is 15.9 Å². The van der Waals surface area contributed by atoms with Crippen molar-refractivity contribution in [2.45, 2.75) is 19.4 Å². The smallest absolute Gasteiger partial charge is 0.249 e. The number of hydrogen-bond donors (Lipinski definition) is 2. The number of benzene rings is 2. The van der Waals surface area contributed by atoms with Gasteiger partial charge in [-0.3, -0.25) is 9.59 Å². The summed E-state index contributed by atoms with van der Waals surface area (Å²) in [6, 6.07) is 11.9. The molecule has 2 aromatic carbocycles. The summed E-state index contributed by atoms with van der Waals surface area (Å²) in [6.45, 7) is 1.80. The summed E-state index contributed by atoms with van der Waals surface area (Å²) in [7, 11) is 0. The highest BCUT2D eigenvalue weighted by atomic mass is 35.5. The predicted molar refractivity (Wildman–Crippen MR) is 105 cm³/mol. The van der Waals surface area contributed by atoms with E-state index in [-0.39, 0.29) is 18.1 Å². The van der Waals surface area contributed by atoms with Gasteiger partial charge in [-0.05, 0) is 43.3 Å². The van der Waals surface area contributed by atoms with Gasteiger partial charge in [-0.15, -0.1) is 0 Å². The highest BCUT2D eigenvalue weighted by Crippen LogP contribution is 2.34. The molecular weight excluding hydrogens is 383 g/mol. The molecule has 0 saturated carbocycles. The summed E-state index contributed by atoms with van der Waals surface area (Å²) in [6.07, 6.45) is -0.0483. The molecular formula is C20H16ClFN4O2. The molecule has 6 nitrogen and oxygen atoms in total. The Hall–Kier alpha value is -3.19. The molecule has 0 bridgehead atoms. The zero-order valence-corrected chi connectivity index (χ0v) is 15.6. The molecule has 2 N–H and O–H groups in total. The second-order valence-corrected chi connectivity index (χ2v) is 6.92. The minimum Gasteiger partial charge on any atom is -0.323 e. The van der Waals surface area contributed by atoms with E-state index in [4.69, 9.17) is 11.6 Å². The number of amides is 2. The summed E-state index contributed by atoms with van der Waals surface area (Å²) in [5.74, 6) is -0.566. The van der Waals surface area contributed by atoms with Gasteiger partial charge in [0.2, 0.25) is 11.8 Å². The number of carbonyl (C=O) groups excluding carboxylic acids is 2. The molecule has 1 aromatic heterocycles. The lowest BCUT2D eigenvalue weighted by atomic mass is 10.1. The van der Waals surface area contributed by atoms with Crippen molar-refractivity contribution in [1.82, 2.24) is 9.78 Å². The summed E-state index contributed by atoms with van der Waals surface area (Å²) in [5, 5.41) is 10.5. The molecule has 3 aromatic rings. The van der Waals surface area contributed by atoms with E-state index in [1.165, 1.54) is 16.8 Å². The number of rotatable bonds is 3. The third kappa shape index (κ3) is 3.25. The lowest BCUT2D eigenvalue weighted by Crippen LogP contribution is -2.36. The highest BCUT2D eigenvalue weighted by Gasteiger charge is 2.34. The molecule has 1 atom stereocenters. The van der Waals surface area contributed by atoms with Crippen LogP contribution in [0, 0.1) is 12.7 Å². The Balaban J connectivity index is 1.71. The van der Waals surface area contributed by atoms with Crippen LogP contribution in [0.3, 0.4) is 0 Å². The van der Waals surface area contributed by atoms with Crippen LogP contribution in [0.5, 0.6) is 0 Å². The first-order valence-corrected chi connectivity index (χ1v) is 9.02. The summed E-state index contributed by atoms with van der Waals surface area (Å²) < 4.78 is 14.7. The minimum absolute atomic E-state index is 0.0483. The van der Waals surface area contributed by atoms with Crippen LogP contribution in [0.15, 0.2) is 48.5 Å². The summed E-state index contributed by atoms with van der Waals surface area (Å²) in [5.41, 5.74) is 2.44. The fraction of sp³-hybridized carbons (Fsp3) is 0.150. The van der Waals surface area contributed by atoms with Crippen molar-refractivity contribution in [3.63, 3.8) is 0 Å². The fourth-order valence-electron chi connectivity index (χ4n) is 3.20. The molecule has 0 spiro atoms. The third-order valence-electron chi connectivity index (χ3n) is 4.63. The van der Waals surface area contributed by atoms with Gasteiger partial charge in [0.05, 0.1) is 22.8 Å². The van der Waals surface area contributed by atoms with Crippen molar-refractivity contribution in [3.05, 3.63) is 64.9 Å². The molecule has 8 heteroatoms. The summed E-state index contributed by atoms with van der Waals surface area (Å²) in [4.78, 5) is 25.1. The Labute approximate surface area is 165 Å². The highest BCUT2D eigenvalue weighted by molar-refractivity contribution is 6.33. The van der Waals surface area contributed by atoms with Crippen molar-refractivity contribution in [2.75, 3.05) is 10.6 Å². The van der Waals surface area contributed by atoms with E-state index in [0.717, 1.165) is 0 Å². The molecule has 0 radical (unpaired) electrons. The first kappa shape index (κ1) is 18.2. The van der Waals surface area contributed by atoms with Crippen LogP contribution in [0.1, 0.15) is 18.0 Å². The maximum absolute atomic E-state index is 13.2. The van der Waals surface area contributed by atoms with Crippen LogP contribution in [0.2, 0.25) is 5.02 Å². The third-order valence-corrected chi connectivity index (χ3v) is 4.96. The number of hydrogen-bond acceptors (Lipinski definition) is 3. The maximum Gasteiger partial charge on any atom is 0.249 e. The first-order chi connectivity index (χ1) is 13.4. The molecule has 0 saturated heterocycles. The van der Waals surface area contributed by atoms with Gasteiger partial charge in [-0.2, -0.15) is 5.10 Å². The number of halogens is 2. The minimum atomic E-state index is -0.826. The van der Waals surface area contributed by atoms with Crippen LogP contribution >= 0.6 is 11.6 Å². The lowest BCUT2D eigenvalue weighted by molar-refractivity contribution is -0.125. The van der Waals surface area contributed by atoms with Gasteiger partial charge in [0.25, 0.3) is 0 Å². The van der Waals surface area contributed by atoms with Crippen LogP contribution < -0.4 is 10.6 Å². The molecule has 1 aliphatic rings. The molecule has 2 amide bonds. The standard InChI is InChI=1S/C20H16ClFN4O2/c1-11-18(12-6-8-13(22)9-7-12)25-26-16(10-17(27)24-19(11)26)20(28)23-15-5-3-2-4-14(15)21/h2-9,16H,10H2,1H3,(H,23,28)(H,24,27)/t16-/m1/s1. The number of para-hydroxylation sites is 1. The van der Waals surface area contributed by atoms with E-state index in [9.17, 15) is 14.0 Å². The van der Waals surface area contributed by atoms with Gasteiger partial charge < -0.3 is 10.6 Å². The molecule has 28 heavy (non-hydrogen) atoms. The normalized spacial score (nSPS) is 15.7. The van der Waals surface area contributed by atoms with E-state index < -0.39 is 11.9 Å². The van der Waals surface area contributed by atoms with Crippen molar-refractivity contribution < 1.29 is 14.0 Å². The van der Waals surface area contributed by atoms with Gasteiger partial charge in [-0.1, -0.05) is 23.7 Å². The van der Waals surface area contributed by atoms with Gasteiger partial charge in [0, 0.05) is 11.1 Å². The largest absolute Gasteiger partial charge is 0.323 e. The zero-order valence-electron chi connectivity index (χ0n) is 14.9. The van der Waals surface area contributed by atoms with Crippen LogP contribution in [-0.4, -0.2) is 21.6 Å². The molecule has 0 aliphatic carbocycles. The number of nitrogens with zero attached hydrogens (tertiary/aromatic N) is 2. The molecule has 0 fully saturated rings. The Morgan fingerprint density at radius 2 is 1.96 bits per heavy atom. The number of carbonyl (C=O) groups is 2. The van der Waals surface area contributed by atoms with Crippen molar-refractivity contribution in [1.29, 1.82) is 0 Å². The molecule has 4 rings (SSSR count). The van der Waals surface area contributed by atoms with Crippen molar-refractivity contribution >= 4 is 34.9 Å². The second kappa shape index (κ2) is 7.09. The average molecular weight is 399 g/mol. The Morgan fingerprint density at radius 1 is 1.25 bits per heavy atom. The SMILES string of the molecule is Cc1c(-c2ccc(F)cc2)nn2c1NC(=O)C[C@@H]2C(=O)Nc1ccccc1Cl. The van der Waals surface area contributed by atoms with Crippen molar-refractivity contribution in [3.8, 4) is 11.3 Å². The van der Waals surface area contributed by atoms with E-state index in [2.05, 4.69) is 15.7 Å². The molecule has 2 heterocycles. The monoisotopic (exact) mass is 398 g/mol. The molecule has 142 valence electrons. The van der Waals surface area contributed by atoms with Gasteiger partial charge >= 0.3 is 0 Å². The second-order valence-electron chi connectivity index (χ2n) is 6.51. The maximum atomic E-state index is 13.2. The quantitative estimate of drug-likeness (QED) is 0.695. The molecule has 0 unspecified atom stereocenters. The van der Waals surface area contributed by atoms with E-state index in [1.807, 2.05) is 0 Å². The summed E-state index contributed by atoms with van der Waals surface area (Å²) >= 11 is 6.11. The Bertz CT molecular complexity index is 1080. The average Bonchev–Trinajstić information content (AvgIpc) is 3.00. The lowest BCUT2D eigenvalue weighted by Gasteiger charge is -2.24. The van der Waals surface area contributed by atoms with Gasteiger partial charge in [0.15, 0.2) is 0 Å². The Kier molecular flexibility index (Phi) is 4.60. The van der Waals surface area contributed by atoms with Crippen LogP contribution in [-0.2, 0) is 9.59 Å². The Morgan fingerprint density at radius 3 is 2.68 bits per heavy atom. The number of nitrogens with one attached hydrogen (secondary N) is 2. The first-order valence-electron chi connectivity index (χ1n) is 8.64. The zero-order chi connectivity index (χ0) is 19.8.